The fourth-order valence-corrected chi connectivity index (χ4v) is 7.04. The van der Waals surface area contributed by atoms with Gasteiger partial charge in [-0.2, -0.15) is 0 Å². The fraction of sp³-hybridized carbons (Fsp3) is 0.957. The van der Waals surface area contributed by atoms with Crippen molar-refractivity contribution < 1.29 is 24.2 Å². The molecule has 0 bridgehead atoms. The van der Waals surface area contributed by atoms with Gasteiger partial charge in [0.1, 0.15) is 6.61 Å². The van der Waals surface area contributed by atoms with Crippen LogP contribution in [-0.4, -0.2) is 36.4 Å². The highest BCUT2D eigenvalue weighted by atomic mass is 16.6. The van der Waals surface area contributed by atoms with Crippen molar-refractivity contribution in [3.05, 3.63) is 0 Å². The second kappa shape index (κ2) is 40.1. The zero-order chi connectivity index (χ0) is 37.5. The van der Waals surface area contributed by atoms with Crippen LogP contribution in [0.5, 0.6) is 0 Å². The molecule has 0 saturated carbocycles. The zero-order valence-corrected chi connectivity index (χ0v) is 35.0. The summed E-state index contributed by atoms with van der Waals surface area (Å²) in [5, 5.41) is 9.59. The SMILES string of the molecule is CC(C)CCCCCCCCCCCCCCCCCCC(=O)O[C@@H](CO)COC(=O)CCCCCCCCCCCCCCCCCC(C)C. The summed E-state index contributed by atoms with van der Waals surface area (Å²) in [6.07, 6.45) is 43.2. The summed E-state index contributed by atoms with van der Waals surface area (Å²) < 4.78 is 10.7. The summed E-state index contributed by atoms with van der Waals surface area (Å²) in [5.41, 5.74) is 0. The predicted octanol–water partition coefficient (Wildman–Crippen LogP) is 14.4. The third kappa shape index (κ3) is 41.5. The largest absolute Gasteiger partial charge is 0.462 e. The van der Waals surface area contributed by atoms with Crippen molar-refractivity contribution in [3.8, 4) is 0 Å². The smallest absolute Gasteiger partial charge is 0.306 e. The van der Waals surface area contributed by atoms with E-state index >= 15 is 0 Å². The summed E-state index contributed by atoms with van der Waals surface area (Å²) in [6, 6.07) is 0. The Balaban J connectivity index is 3.46. The number of carbonyl (C=O) groups excluding carboxylic acids is 2. The Labute approximate surface area is 319 Å². The number of aliphatic hydroxyl groups is 1. The highest BCUT2D eigenvalue weighted by molar-refractivity contribution is 5.70. The van der Waals surface area contributed by atoms with E-state index in [2.05, 4.69) is 27.7 Å². The number of unbranched alkanes of at least 4 members (excludes halogenated alkanes) is 29. The van der Waals surface area contributed by atoms with Gasteiger partial charge in [0, 0.05) is 12.8 Å². The first-order valence-corrected chi connectivity index (χ1v) is 22.8. The first-order valence-electron chi connectivity index (χ1n) is 22.8. The van der Waals surface area contributed by atoms with Gasteiger partial charge in [-0.3, -0.25) is 9.59 Å². The van der Waals surface area contributed by atoms with E-state index in [1.807, 2.05) is 0 Å². The van der Waals surface area contributed by atoms with E-state index < -0.39 is 6.10 Å². The predicted molar refractivity (Wildman–Crippen MR) is 219 cm³/mol. The lowest BCUT2D eigenvalue weighted by Gasteiger charge is -2.15. The maximum absolute atomic E-state index is 12.2. The summed E-state index contributed by atoms with van der Waals surface area (Å²) in [4.78, 5) is 24.4. The van der Waals surface area contributed by atoms with Gasteiger partial charge in [0.05, 0.1) is 6.61 Å². The minimum Gasteiger partial charge on any atom is -0.462 e. The highest BCUT2D eigenvalue weighted by Crippen LogP contribution is 2.17. The highest BCUT2D eigenvalue weighted by Gasteiger charge is 2.16. The van der Waals surface area contributed by atoms with Gasteiger partial charge in [-0.05, 0) is 24.7 Å². The standard InChI is InChI=1S/C46H90O5/c1-42(2)36-32-28-24-20-16-12-8-5-6-10-15-19-23-27-31-35-39-46(49)51-44(40-47)41-50-45(48)38-34-30-26-22-18-14-11-7-9-13-17-21-25-29-33-37-43(3)4/h42-44,47H,5-41H2,1-4H3/t44-/m0/s1. The molecule has 0 unspecified atom stereocenters. The fourth-order valence-electron chi connectivity index (χ4n) is 7.04. The van der Waals surface area contributed by atoms with E-state index in [9.17, 15) is 14.7 Å². The number of carbonyl (C=O) groups is 2. The van der Waals surface area contributed by atoms with Gasteiger partial charge in [0.15, 0.2) is 6.10 Å². The molecule has 0 amide bonds. The minimum atomic E-state index is -0.763. The van der Waals surface area contributed by atoms with Crippen molar-refractivity contribution in [1.82, 2.24) is 0 Å². The molecule has 0 saturated heterocycles. The number of ether oxygens (including phenoxy) is 2. The summed E-state index contributed by atoms with van der Waals surface area (Å²) in [5.74, 6) is 1.14. The van der Waals surface area contributed by atoms with Gasteiger partial charge >= 0.3 is 11.9 Å². The van der Waals surface area contributed by atoms with Crippen LogP contribution in [0.15, 0.2) is 0 Å². The van der Waals surface area contributed by atoms with E-state index in [0.717, 1.165) is 43.9 Å². The molecule has 1 atom stereocenters. The third-order valence-electron chi connectivity index (χ3n) is 10.5. The molecular weight excluding hydrogens is 633 g/mol. The molecule has 0 radical (unpaired) electrons. The van der Waals surface area contributed by atoms with Crippen molar-refractivity contribution in [2.45, 2.75) is 259 Å². The van der Waals surface area contributed by atoms with E-state index in [1.54, 1.807) is 0 Å². The van der Waals surface area contributed by atoms with Gasteiger partial charge < -0.3 is 14.6 Å². The second-order valence-electron chi connectivity index (χ2n) is 16.8. The van der Waals surface area contributed by atoms with Crippen molar-refractivity contribution in [3.63, 3.8) is 0 Å². The monoisotopic (exact) mass is 723 g/mol. The molecule has 0 aromatic carbocycles. The summed E-state index contributed by atoms with van der Waals surface area (Å²) >= 11 is 0. The van der Waals surface area contributed by atoms with Crippen LogP contribution in [0.25, 0.3) is 0 Å². The zero-order valence-electron chi connectivity index (χ0n) is 35.0. The number of rotatable bonds is 41. The van der Waals surface area contributed by atoms with Crippen LogP contribution in [0.4, 0.5) is 0 Å². The number of hydrogen-bond acceptors (Lipinski definition) is 5. The first-order chi connectivity index (χ1) is 24.8. The van der Waals surface area contributed by atoms with Gasteiger partial charge in [-0.25, -0.2) is 0 Å². The van der Waals surface area contributed by atoms with E-state index in [0.29, 0.717) is 12.8 Å². The average Bonchev–Trinajstić information content (AvgIpc) is 3.10. The lowest BCUT2D eigenvalue weighted by atomic mass is 10.0. The molecule has 0 fully saturated rings. The molecule has 5 heteroatoms. The Morgan fingerprint density at radius 3 is 0.922 bits per heavy atom. The molecule has 0 heterocycles. The Morgan fingerprint density at radius 1 is 0.392 bits per heavy atom. The van der Waals surface area contributed by atoms with Gasteiger partial charge in [-0.1, -0.05) is 227 Å². The molecule has 0 aliphatic heterocycles. The van der Waals surface area contributed by atoms with Crippen LogP contribution >= 0.6 is 0 Å². The van der Waals surface area contributed by atoms with Crippen LogP contribution in [0.1, 0.15) is 252 Å². The van der Waals surface area contributed by atoms with E-state index in [-0.39, 0.29) is 25.2 Å². The molecule has 0 aliphatic rings. The maximum atomic E-state index is 12.2. The molecule has 51 heavy (non-hydrogen) atoms. The molecule has 0 aromatic heterocycles. The molecule has 1 N–H and O–H groups in total. The van der Waals surface area contributed by atoms with Crippen LogP contribution in [0, 0.1) is 11.8 Å². The molecule has 0 rings (SSSR count). The number of hydrogen-bond donors (Lipinski definition) is 1. The van der Waals surface area contributed by atoms with Crippen molar-refractivity contribution in [2.75, 3.05) is 13.2 Å². The lowest BCUT2D eigenvalue weighted by Crippen LogP contribution is -2.28. The molecule has 0 aliphatic carbocycles. The Morgan fingerprint density at radius 2 is 0.647 bits per heavy atom. The maximum Gasteiger partial charge on any atom is 0.306 e. The first kappa shape index (κ1) is 49.9. The van der Waals surface area contributed by atoms with Crippen molar-refractivity contribution in [1.29, 1.82) is 0 Å². The van der Waals surface area contributed by atoms with Gasteiger partial charge in [-0.15, -0.1) is 0 Å². The van der Waals surface area contributed by atoms with Crippen LogP contribution < -0.4 is 0 Å². The van der Waals surface area contributed by atoms with E-state index in [4.69, 9.17) is 9.47 Å². The van der Waals surface area contributed by atoms with Crippen LogP contribution in [0.2, 0.25) is 0 Å². The Bertz CT molecular complexity index is 720. The third-order valence-corrected chi connectivity index (χ3v) is 10.5. The van der Waals surface area contributed by atoms with E-state index in [1.165, 1.54) is 180 Å². The van der Waals surface area contributed by atoms with Crippen molar-refractivity contribution >= 4 is 11.9 Å². The average molecular weight is 723 g/mol. The van der Waals surface area contributed by atoms with Gasteiger partial charge in [0.2, 0.25) is 0 Å². The number of esters is 2. The van der Waals surface area contributed by atoms with Crippen LogP contribution in [0.3, 0.4) is 0 Å². The van der Waals surface area contributed by atoms with Gasteiger partial charge in [0.25, 0.3) is 0 Å². The number of aliphatic hydroxyl groups excluding tert-OH is 1. The Kier molecular flexibility index (Phi) is 39.2. The Hall–Kier alpha value is -1.10. The molecule has 5 nitrogen and oxygen atoms in total. The lowest BCUT2D eigenvalue weighted by molar-refractivity contribution is -0.161. The normalized spacial score (nSPS) is 12.2. The molecule has 0 aromatic rings. The molecule has 304 valence electrons. The second-order valence-corrected chi connectivity index (χ2v) is 16.8. The summed E-state index contributed by atoms with van der Waals surface area (Å²) in [6.45, 7) is 8.91. The topological polar surface area (TPSA) is 72.8 Å². The quantitative estimate of drug-likeness (QED) is 0.0502. The summed E-state index contributed by atoms with van der Waals surface area (Å²) in [7, 11) is 0. The minimum absolute atomic E-state index is 0.0576. The molecular formula is C46H90O5. The molecule has 0 spiro atoms. The van der Waals surface area contributed by atoms with Crippen LogP contribution in [-0.2, 0) is 19.1 Å². The van der Waals surface area contributed by atoms with Crippen molar-refractivity contribution in [2.24, 2.45) is 11.8 Å².